The van der Waals surface area contributed by atoms with Crippen LogP contribution < -0.4 is 15.8 Å². The van der Waals surface area contributed by atoms with Crippen molar-refractivity contribution in [2.75, 3.05) is 0 Å². The fourth-order valence-electron chi connectivity index (χ4n) is 9.60. The summed E-state index contributed by atoms with van der Waals surface area (Å²) >= 11 is 0. The number of allylic oxidation sites excluding steroid dienone is 2. The molecule has 0 radical (unpaired) electrons. The predicted octanol–water partition coefficient (Wildman–Crippen LogP) is 13.1. The van der Waals surface area contributed by atoms with E-state index in [1.807, 2.05) is 24.4 Å². The number of imidazole rings is 1. The lowest BCUT2D eigenvalue weighted by molar-refractivity contribution is 0.335. The van der Waals surface area contributed by atoms with E-state index in [0.717, 1.165) is 78.5 Å². The Morgan fingerprint density at radius 2 is 1.25 bits per heavy atom. The van der Waals surface area contributed by atoms with Gasteiger partial charge in [-0.3, -0.25) is 9.55 Å². The van der Waals surface area contributed by atoms with E-state index in [9.17, 15) is 5.11 Å². The Morgan fingerprint density at radius 3 is 1.91 bits per heavy atom. The van der Waals surface area contributed by atoms with Crippen molar-refractivity contribution in [2.45, 2.75) is 105 Å². The van der Waals surface area contributed by atoms with E-state index in [1.165, 1.54) is 5.56 Å². The van der Waals surface area contributed by atoms with Crippen LogP contribution >= 0.6 is 0 Å². The summed E-state index contributed by atoms with van der Waals surface area (Å²) in [7, 11) is 0. The van der Waals surface area contributed by atoms with Gasteiger partial charge in [-0.1, -0.05) is 168 Å². The first kappa shape index (κ1) is 43.9. The number of amidine groups is 1. The molecule has 7 aromatic rings. The second-order valence-corrected chi connectivity index (χ2v) is 22.4. The number of phenolic OH excluding ortho intramolecular Hbond substituents is 1. The fourth-order valence-corrected chi connectivity index (χ4v) is 9.60. The Bertz CT molecular complexity index is 3210. The minimum absolute atomic E-state index is 0.111. The van der Waals surface area contributed by atoms with Gasteiger partial charge in [-0.15, -0.1) is 0 Å². The minimum atomic E-state index is -0.440. The highest BCUT2D eigenvalue weighted by Gasteiger charge is 2.49. The van der Waals surface area contributed by atoms with E-state index >= 15 is 0 Å². The summed E-state index contributed by atoms with van der Waals surface area (Å²) in [5, 5.41) is 12.7. The average molecular weight is 882 g/mol. The van der Waals surface area contributed by atoms with Crippen molar-refractivity contribution in [1.29, 1.82) is 0 Å². The molecule has 5 aromatic carbocycles. The molecular weight excluding hydrogens is 821 g/mol. The first-order valence-corrected chi connectivity index (χ1v) is 23.5. The van der Waals surface area contributed by atoms with E-state index in [4.69, 9.17) is 19.7 Å². The molecule has 0 saturated heterocycles. The maximum absolute atomic E-state index is 12.7. The van der Waals surface area contributed by atoms with Crippen LogP contribution in [0.3, 0.4) is 0 Å². The third kappa shape index (κ3) is 7.70. The predicted molar refractivity (Wildman–Crippen MR) is 278 cm³/mol. The van der Waals surface area contributed by atoms with Gasteiger partial charge in [0.25, 0.3) is 0 Å². The van der Waals surface area contributed by atoms with Gasteiger partial charge in [0.1, 0.15) is 23.2 Å². The standard InChI is InChI=1S/C59H60BN5O2/c1-56(2,3)40-26-27-48(42(33-40)37-22-17-14-18-23-37)64-54(43-34-41(57(4,5)6)35-44(51(43)66)58(7,8)9)63-53-55(64)62-49-24-19-25-50-65(49)60(53)46-31-39(30-45(52(46)67-50)59(10,11)12)47-32-38(28-29-61-47)36-20-15-13-16-21-36/h13-35,66H,1-12H3. The molecule has 0 unspecified atom stereocenters. The fraction of sp³-hybridized carbons (Fsp3) is 0.271. The zero-order valence-electron chi connectivity index (χ0n) is 40.9. The van der Waals surface area contributed by atoms with Gasteiger partial charge in [0, 0.05) is 28.5 Å². The molecule has 67 heavy (non-hydrogen) atoms. The maximum Gasteiger partial charge on any atom is 0.361 e. The SMILES string of the molecule is CC(C)(C)c1ccc(-n2c(-c3cc(C(C)(C)C)cc(C(C)(C)C)c3O)nc3c2N=C2C=CC=C4Oc5c(cc(-c6cc(-c7ccccc7)ccn6)cc5C(C)(C)C)B3N42)c(-c2ccccc2)c1. The summed E-state index contributed by atoms with van der Waals surface area (Å²) in [6, 6.07) is 40.9. The van der Waals surface area contributed by atoms with Crippen LogP contribution in [0.1, 0.15) is 105 Å². The Balaban J connectivity index is 1.32. The number of ether oxygens (including phenoxy) is 1. The Labute approximate surface area is 396 Å². The lowest BCUT2D eigenvalue weighted by atomic mass is 9.48. The van der Waals surface area contributed by atoms with Gasteiger partial charge in [0.2, 0.25) is 0 Å². The summed E-state index contributed by atoms with van der Waals surface area (Å²) in [5.74, 6) is 3.79. The minimum Gasteiger partial charge on any atom is -0.507 e. The molecule has 5 heterocycles. The van der Waals surface area contributed by atoms with Crippen LogP contribution in [0.2, 0.25) is 0 Å². The molecule has 0 atom stereocenters. The third-order valence-electron chi connectivity index (χ3n) is 13.4. The number of hydrogen-bond acceptors (Lipinski definition) is 6. The number of pyridine rings is 1. The van der Waals surface area contributed by atoms with Crippen molar-refractivity contribution < 1.29 is 9.84 Å². The van der Waals surface area contributed by atoms with Crippen molar-refractivity contribution >= 4 is 29.6 Å². The number of aromatic nitrogens is 3. The zero-order valence-corrected chi connectivity index (χ0v) is 40.9. The molecule has 0 saturated carbocycles. The van der Waals surface area contributed by atoms with Crippen LogP contribution in [-0.4, -0.2) is 37.1 Å². The van der Waals surface area contributed by atoms with Gasteiger partial charge < -0.3 is 14.7 Å². The molecule has 3 aliphatic heterocycles. The Kier molecular flexibility index (Phi) is 10.2. The Hall–Kier alpha value is -6.93. The number of benzene rings is 5. The number of fused-ring (bicyclic) bond motifs is 4. The van der Waals surface area contributed by atoms with Crippen LogP contribution in [0.15, 0.2) is 151 Å². The number of rotatable bonds is 5. The molecule has 7 nitrogen and oxygen atoms in total. The average Bonchev–Trinajstić information content (AvgIpc) is 3.66. The van der Waals surface area contributed by atoms with Gasteiger partial charge in [-0.2, -0.15) is 0 Å². The van der Waals surface area contributed by atoms with Gasteiger partial charge in [-0.05, 0) is 103 Å². The first-order chi connectivity index (χ1) is 31.7. The van der Waals surface area contributed by atoms with E-state index in [0.29, 0.717) is 23.1 Å². The summed E-state index contributed by atoms with van der Waals surface area (Å²) in [6.07, 6.45) is 8.00. The molecule has 336 valence electrons. The third-order valence-corrected chi connectivity index (χ3v) is 13.4. The second kappa shape index (κ2) is 15.6. The molecule has 0 bridgehead atoms. The van der Waals surface area contributed by atoms with Crippen LogP contribution in [0.25, 0.3) is 50.6 Å². The maximum atomic E-state index is 12.7. The van der Waals surface area contributed by atoms with Crippen LogP contribution in [0.4, 0.5) is 5.82 Å². The lowest BCUT2D eigenvalue weighted by Crippen LogP contribution is -2.64. The van der Waals surface area contributed by atoms with Crippen LogP contribution in [0, 0.1) is 0 Å². The second-order valence-electron chi connectivity index (χ2n) is 22.4. The zero-order chi connectivity index (χ0) is 47.4. The molecule has 2 aromatic heterocycles. The molecule has 0 amide bonds. The molecule has 8 heteroatoms. The highest BCUT2D eigenvalue weighted by atomic mass is 16.5. The van der Waals surface area contributed by atoms with E-state index in [2.05, 4.69) is 208 Å². The van der Waals surface area contributed by atoms with Crippen molar-refractivity contribution in [3.63, 3.8) is 0 Å². The number of aromatic hydroxyl groups is 1. The molecule has 0 aliphatic carbocycles. The number of hydrogen-bond donors (Lipinski definition) is 1. The summed E-state index contributed by atoms with van der Waals surface area (Å²) in [4.78, 5) is 18.5. The van der Waals surface area contributed by atoms with Gasteiger partial charge in [0.05, 0.1) is 22.5 Å². The summed E-state index contributed by atoms with van der Waals surface area (Å²) in [6.45, 7) is 26.2. The highest BCUT2D eigenvalue weighted by Crippen LogP contribution is 2.47. The summed E-state index contributed by atoms with van der Waals surface area (Å²) < 4.78 is 9.25. The highest BCUT2D eigenvalue weighted by molar-refractivity contribution is 6.87. The smallest absolute Gasteiger partial charge is 0.361 e. The quantitative estimate of drug-likeness (QED) is 0.174. The molecule has 0 fully saturated rings. The largest absolute Gasteiger partial charge is 0.507 e. The van der Waals surface area contributed by atoms with E-state index in [1.54, 1.807) is 0 Å². The number of aliphatic imine (C=N–C) groups is 1. The van der Waals surface area contributed by atoms with E-state index in [-0.39, 0.29) is 27.4 Å². The molecule has 10 rings (SSSR count). The normalized spacial score (nSPS) is 14.5. The summed E-state index contributed by atoms with van der Waals surface area (Å²) in [5.41, 5.74) is 12.8. The van der Waals surface area contributed by atoms with Crippen LogP contribution in [0.5, 0.6) is 11.5 Å². The topological polar surface area (TPSA) is 75.8 Å². The molecular formula is C59H60BN5O2. The number of phenols is 1. The van der Waals surface area contributed by atoms with Crippen molar-refractivity contribution in [2.24, 2.45) is 4.99 Å². The monoisotopic (exact) mass is 881 g/mol. The molecule has 0 spiro atoms. The van der Waals surface area contributed by atoms with Crippen molar-refractivity contribution in [3.05, 3.63) is 168 Å². The lowest BCUT2D eigenvalue weighted by Gasteiger charge is -2.42. The Morgan fingerprint density at radius 1 is 0.597 bits per heavy atom. The molecule has 1 N–H and O–H groups in total. The van der Waals surface area contributed by atoms with Crippen LogP contribution in [-0.2, 0) is 21.7 Å². The van der Waals surface area contributed by atoms with Gasteiger partial charge >= 0.3 is 6.85 Å². The van der Waals surface area contributed by atoms with Gasteiger partial charge in [-0.25, -0.2) is 9.98 Å². The van der Waals surface area contributed by atoms with Crippen molar-refractivity contribution in [3.8, 4) is 62.1 Å². The number of nitrogens with zero attached hydrogens (tertiary/aromatic N) is 5. The van der Waals surface area contributed by atoms with E-state index < -0.39 is 6.85 Å². The van der Waals surface area contributed by atoms with Crippen molar-refractivity contribution in [1.82, 2.24) is 19.3 Å². The van der Waals surface area contributed by atoms with Gasteiger partial charge in [0.15, 0.2) is 11.7 Å². The molecule has 3 aliphatic rings. The first-order valence-electron chi connectivity index (χ1n) is 23.5.